The van der Waals surface area contributed by atoms with Crippen LogP contribution in [0.15, 0.2) is 34.9 Å². The van der Waals surface area contributed by atoms with E-state index in [-0.39, 0.29) is 18.9 Å². The minimum Gasteiger partial charge on any atom is -0.454 e. The van der Waals surface area contributed by atoms with E-state index in [1.54, 1.807) is 6.07 Å². The zero-order valence-electron chi connectivity index (χ0n) is 12.1. The van der Waals surface area contributed by atoms with Crippen LogP contribution in [0.2, 0.25) is 5.15 Å². The van der Waals surface area contributed by atoms with E-state index >= 15 is 0 Å². The summed E-state index contributed by atoms with van der Waals surface area (Å²) in [5.41, 5.74) is 1.46. The van der Waals surface area contributed by atoms with Gasteiger partial charge in [-0.2, -0.15) is 0 Å². The number of hydrogen-bond donors (Lipinski definition) is 2. The molecule has 1 aromatic heterocycles. The summed E-state index contributed by atoms with van der Waals surface area (Å²) in [6.07, 6.45) is 1.48. The zero-order chi connectivity index (χ0) is 16.4. The fourth-order valence-electron chi connectivity index (χ4n) is 2.12. The molecular formula is C15H13BrClN3O3. The third-order valence-corrected chi connectivity index (χ3v) is 4.43. The van der Waals surface area contributed by atoms with Crippen LogP contribution in [-0.2, 0) is 0 Å². The lowest BCUT2D eigenvalue weighted by atomic mass is 10.1. The minimum atomic E-state index is -0.341. The molecule has 8 heteroatoms. The van der Waals surface area contributed by atoms with Gasteiger partial charge in [-0.15, -0.1) is 0 Å². The van der Waals surface area contributed by atoms with Gasteiger partial charge in [-0.3, -0.25) is 0 Å². The van der Waals surface area contributed by atoms with E-state index in [2.05, 4.69) is 31.5 Å². The van der Waals surface area contributed by atoms with E-state index < -0.39 is 0 Å². The highest BCUT2D eigenvalue weighted by atomic mass is 79.9. The summed E-state index contributed by atoms with van der Waals surface area (Å²) in [5.74, 6) is 1.39. The number of halogens is 2. The molecule has 1 aliphatic rings. The fraction of sp³-hybridized carbons (Fsp3) is 0.200. The van der Waals surface area contributed by atoms with Gasteiger partial charge in [0.05, 0.1) is 22.4 Å². The maximum Gasteiger partial charge on any atom is 0.319 e. The van der Waals surface area contributed by atoms with Crippen LogP contribution in [0.1, 0.15) is 18.5 Å². The van der Waals surface area contributed by atoms with Crippen molar-refractivity contribution in [2.75, 3.05) is 12.1 Å². The maximum atomic E-state index is 12.1. The van der Waals surface area contributed by atoms with Crippen molar-refractivity contribution in [2.45, 2.75) is 13.0 Å². The molecule has 2 aromatic rings. The van der Waals surface area contributed by atoms with Gasteiger partial charge in [0.2, 0.25) is 6.79 Å². The van der Waals surface area contributed by atoms with E-state index in [9.17, 15) is 4.79 Å². The molecule has 3 rings (SSSR count). The Bertz CT molecular complexity index is 757. The summed E-state index contributed by atoms with van der Waals surface area (Å²) in [7, 11) is 0. The van der Waals surface area contributed by atoms with E-state index in [4.69, 9.17) is 21.1 Å². The molecule has 0 spiro atoms. The van der Waals surface area contributed by atoms with E-state index in [0.717, 1.165) is 5.56 Å². The Morgan fingerprint density at radius 3 is 2.91 bits per heavy atom. The molecule has 2 amide bonds. The number of urea groups is 1. The lowest BCUT2D eigenvalue weighted by Crippen LogP contribution is -2.31. The SMILES string of the molecule is CC(NC(=O)Nc1cnc(Cl)c(Br)c1)c1ccc2c(c1)OCO2. The van der Waals surface area contributed by atoms with Crippen LogP contribution in [-0.4, -0.2) is 17.8 Å². The minimum absolute atomic E-state index is 0.201. The predicted octanol–water partition coefficient (Wildman–Crippen LogP) is 4.11. The Hall–Kier alpha value is -1.99. The molecule has 1 aliphatic heterocycles. The summed E-state index contributed by atoms with van der Waals surface area (Å²) in [6, 6.07) is 6.71. The van der Waals surface area contributed by atoms with Gasteiger partial charge in [-0.1, -0.05) is 17.7 Å². The van der Waals surface area contributed by atoms with Crippen LogP contribution in [0.4, 0.5) is 10.5 Å². The molecule has 0 bridgehead atoms. The molecular weight excluding hydrogens is 386 g/mol. The van der Waals surface area contributed by atoms with Crippen molar-refractivity contribution in [3.05, 3.63) is 45.7 Å². The number of nitrogens with zero attached hydrogens (tertiary/aromatic N) is 1. The third-order valence-electron chi connectivity index (χ3n) is 3.30. The Morgan fingerprint density at radius 1 is 1.35 bits per heavy atom. The Balaban J connectivity index is 1.64. The van der Waals surface area contributed by atoms with Crippen molar-refractivity contribution in [2.24, 2.45) is 0 Å². The van der Waals surface area contributed by atoms with Crippen LogP contribution < -0.4 is 20.1 Å². The molecule has 0 aliphatic carbocycles. The highest BCUT2D eigenvalue weighted by Gasteiger charge is 2.17. The second-order valence-corrected chi connectivity index (χ2v) is 6.14. The van der Waals surface area contributed by atoms with Crippen molar-refractivity contribution in [3.63, 3.8) is 0 Å². The first kappa shape index (κ1) is 15.9. The summed E-state index contributed by atoms with van der Waals surface area (Å²) in [4.78, 5) is 16.0. The lowest BCUT2D eigenvalue weighted by molar-refractivity contribution is 0.174. The largest absolute Gasteiger partial charge is 0.454 e. The van der Waals surface area contributed by atoms with Gasteiger partial charge in [-0.25, -0.2) is 9.78 Å². The first-order valence-corrected chi connectivity index (χ1v) is 7.98. The summed E-state index contributed by atoms with van der Waals surface area (Å²) >= 11 is 9.08. The zero-order valence-corrected chi connectivity index (χ0v) is 14.4. The molecule has 0 saturated carbocycles. The highest BCUT2D eigenvalue weighted by Crippen LogP contribution is 2.34. The number of benzene rings is 1. The van der Waals surface area contributed by atoms with Crippen molar-refractivity contribution in [1.29, 1.82) is 0 Å². The normalized spacial score (nSPS) is 13.5. The van der Waals surface area contributed by atoms with Crippen molar-refractivity contribution in [3.8, 4) is 11.5 Å². The van der Waals surface area contributed by atoms with Crippen molar-refractivity contribution >= 4 is 39.2 Å². The number of carbonyl (C=O) groups is 1. The summed E-state index contributed by atoms with van der Waals surface area (Å²) in [5, 5.41) is 5.89. The topological polar surface area (TPSA) is 72.5 Å². The molecule has 1 unspecified atom stereocenters. The van der Waals surface area contributed by atoms with Crippen molar-refractivity contribution in [1.82, 2.24) is 10.3 Å². The van der Waals surface area contributed by atoms with Gasteiger partial charge in [0, 0.05) is 0 Å². The standard InChI is InChI=1S/C15H13BrClN3O3/c1-8(9-2-3-12-13(4-9)23-7-22-12)19-15(21)20-10-5-11(16)14(17)18-6-10/h2-6,8H,7H2,1H3,(H2,19,20,21). The Morgan fingerprint density at radius 2 is 2.13 bits per heavy atom. The maximum absolute atomic E-state index is 12.1. The van der Waals surface area contributed by atoms with Gasteiger partial charge >= 0.3 is 6.03 Å². The number of rotatable bonds is 3. The first-order valence-electron chi connectivity index (χ1n) is 6.81. The van der Waals surface area contributed by atoms with Crippen LogP contribution in [0.3, 0.4) is 0 Å². The molecule has 1 aromatic carbocycles. The summed E-state index contributed by atoms with van der Waals surface area (Å²) in [6.45, 7) is 2.10. The number of fused-ring (bicyclic) bond motifs is 1. The smallest absolute Gasteiger partial charge is 0.319 e. The molecule has 0 fully saturated rings. The van der Waals surface area contributed by atoms with Gasteiger partial charge in [-0.05, 0) is 46.6 Å². The number of anilines is 1. The third kappa shape index (κ3) is 3.68. The Labute approximate surface area is 146 Å². The highest BCUT2D eigenvalue weighted by molar-refractivity contribution is 9.10. The van der Waals surface area contributed by atoms with E-state index in [1.807, 2.05) is 25.1 Å². The molecule has 120 valence electrons. The van der Waals surface area contributed by atoms with E-state index in [1.165, 1.54) is 6.20 Å². The molecule has 1 atom stereocenters. The first-order chi connectivity index (χ1) is 11.0. The van der Waals surface area contributed by atoms with Gasteiger partial charge < -0.3 is 20.1 Å². The molecule has 0 radical (unpaired) electrons. The number of ether oxygens (including phenoxy) is 2. The molecule has 0 saturated heterocycles. The van der Waals surface area contributed by atoms with Crippen LogP contribution in [0, 0.1) is 0 Å². The fourth-order valence-corrected chi connectivity index (χ4v) is 2.57. The van der Waals surface area contributed by atoms with Crippen LogP contribution >= 0.6 is 27.5 Å². The Kier molecular flexibility index (Phi) is 4.58. The number of pyridine rings is 1. The van der Waals surface area contributed by atoms with Crippen LogP contribution in [0.5, 0.6) is 11.5 Å². The van der Waals surface area contributed by atoms with Gasteiger partial charge in [0.1, 0.15) is 5.15 Å². The quantitative estimate of drug-likeness (QED) is 0.763. The average molecular weight is 399 g/mol. The molecule has 2 N–H and O–H groups in total. The molecule has 2 heterocycles. The van der Waals surface area contributed by atoms with Crippen molar-refractivity contribution < 1.29 is 14.3 Å². The number of carbonyl (C=O) groups excluding carboxylic acids is 1. The molecule has 6 nitrogen and oxygen atoms in total. The summed E-state index contributed by atoms with van der Waals surface area (Å²) < 4.78 is 11.2. The average Bonchev–Trinajstić information content (AvgIpc) is 2.98. The molecule has 23 heavy (non-hydrogen) atoms. The monoisotopic (exact) mass is 397 g/mol. The number of nitrogens with one attached hydrogen (secondary N) is 2. The lowest BCUT2D eigenvalue weighted by Gasteiger charge is -2.15. The number of aromatic nitrogens is 1. The number of amides is 2. The van der Waals surface area contributed by atoms with Gasteiger partial charge in [0.25, 0.3) is 0 Å². The van der Waals surface area contributed by atoms with E-state index in [0.29, 0.717) is 26.8 Å². The second kappa shape index (κ2) is 6.64. The second-order valence-electron chi connectivity index (χ2n) is 4.93. The predicted molar refractivity (Wildman–Crippen MR) is 90.1 cm³/mol. The number of hydrogen-bond acceptors (Lipinski definition) is 4. The van der Waals surface area contributed by atoms with Gasteiger partial charge in [0.15, 0.2) is 11.5 Å². The van der Waals surface area contributed by atoms with Crippen LogP contribution in [0.25, 0.3) is 0 Å².